The Bertz CT molecular complexity index is 2410. The van der Waals surface area contributed by atoms with Crippen molar-refractivity contribution >= 4 is 46.3 Å². The SMILES string of the molecule is CC(C(=O)c1ccc(F)cc1)c1ccccc1.CC(C)C(=O)C(C(=O)Nc1ccccc1)C(C(=O)c1ccc(F)cc1)c1ccccc1.CC(C)C(=O)CC(=O)Nc1ccccc1. The van der Waals surface area contributed by atoms with Gasteiger partial charge in [0.1, 0.15) is 29.1 Å². The van der Waals surface area contributed by atoms with Gasteiger partial charge in [0.2, 0.25) is 11.8 Å². The molecule has 6 aromatic rings. The van der Waals surface area contributed by atoms with Crippen LogP contribution in [0.2, 0.25) is 0 Å². The van der Waals surface area contributed by atoms with Crippen LogP contribution in [0.3, 0.4) is 0 Å². The van der Waals surface area contributed by atoms with Crippen LogP contribution in [-0.2, 0) is 19.2 Å². The van der Waals surface area contributed by atoms with Crippen LogP contribution in [0.25, 0.3) is 0 Å². The van der Waals surface area contributed by atoms with Crippen LogP contribution in [0, 0.1) is 29.4 Å². The van der Waals surface area contributed by atoms with Crippen molar-refractivity contribution in [3.05, 3.63) is 204 Å². The number of hydrogen-bond acceptors (Lipinski definition) is 6. The maximum Gasteiger partial charge on any atom is 0.236 e. The number of para-hydroxylation sites is 2. The molecule has 0 spiro atoms. The van der Waals surface area contributed by atoms with Gasteiger partial charge in [0.15, 0.2) is 11.6 Å². The van der Waals surface area contributed by atoms with Gasteiger partial charge < -0.3 is 10.6 Å². The fourth-order valence-corrected chi connectivity index (χ4v) is 6.34. The van der Waals surface area contributed by atoms with Crippen molar-refractivity contribution < 1.29 is 37.5 Å². The van der Waals surface area contributed by atoms with E-state index >= 15 is 0 Å². The second kappa shape index (κ2) is 24.3. The maximum absolute atomic E-state index is 13.5. The molecule has 0 aliphatic rings. The average molecular weight is 851 g/mol. The summed E-state index contributed by atoms with van der Waals surface area (Å²) in [5, 5.41) is 5.44. The molecule has 0 aliphatic heterocycles. The smallest absolute Gasteiger partial charge is 0.236 e. The van der Waals surface area contributed by atoms with E-state index in [1.165, 1.54) is 48.5 Å². The summed E-state index contributed by atoms with van der Waals surface area (Å²) in [5.41, 5.74) is 3.57. The highest BCUT2D eigenvalue weighted by molar-refractivity contribution is 6.14. The standard InChI is InChI=1S/C26H24FNO3.C15H13FO.C12H15NO2/c1-17(2)24(29)23(26(31)28-21-11-7-4-8-12-21)22(18-9-5-3-6-10-18)25(30)19-13-15-20(27)16-14-19;1-11(12-5-3-2-4-6-12)15(17)13-7-9-14(16)10-8-13;1-9(2)11(14)8-12(15)13-10-6-4-3-5-7-10/h3-17,22-23H,1-2H3,(H,28,31);2-11H,1H3;3-7,9H,8H2,1-2H3,(H,13,15). The Morgan fingerprint density at radius 2 is 0.857 bits per heavy atom. The summed E-state index contributed by atoms with van der Waals surface area (Å²) in [4.78, 5) is 74.9. The molecule has 3 atom stereocenters. The van der Waals surface area contributed by atoms with Crippen molar-refractivity contribution in [2.75, 3.05) is 10.6 Å². The van der Waals surface area contributed by atoms with Crippen LogP contribution in [-0.4, -0.2) is 34.9 Å². The van der Waals surface area contributed by atoms with E-state index in [1.807, 2.05) is 61.5 Å². The summed E-state index contributed by atoms with van der Waals surface area (Å²) in [6.07, 6.45) is -0.0490. The normalized spacial score (nSPS) is 12.0. The molecule has 2 amide bonds. The number of Topliss-reactive ketones (excluding diaryl/α,β-unsaturated/α-hetero) is 4. The number of amides is 2. The molecule has 0 aliphatic carbocycles. The average Bonchev–Trinajstić information content (AvgIpc) is 3.29. The van der Waals surface area contributed by atoms with Crippen molar-refractivity contribution in [2.24, 2.45) is 17.8 Å². The molecule has 2 N–H and O–H groups in total. The molecule has 0 saturated carbocycles. The van der Waals surface area contributed by atoms with Crippen molar-refractivity contribution in [1.29, 1.82) is 0 Å². The highest BCUT2D eigenvalue weighted by Crippen LogP contribution is 2.33. The Hall–Kier alpha value is -7.20. The minimum atomic E-state index is -1.24. The summed E-state index contributed by atoms with van der Waals surface area (Å²) in [6, 6.07) is 47.0. The van der Waals surface area contributed by atoms with E-state index in [0.717, 1.165) is 11.3 Å². The predicted octanol–water partition coefficient (Wildman–Crippen LogP) is 11.3. The molecular weight excluding hydrogens is 799 g/mol. The second-order valence-corrected chi connectivity index (χ2v) is 15.4. The number of ketones is 4. The molecule has 63 heavy (non-hydrogen) atoms. The van der Waals surface area contributed by atoms with Gasteiger partial charge in [-0.25, -0.2) is 8.78 Å². The summed E-state index contributed by atoms with van der Waals surface area (Å²) < 4.78 is 26.2. The Kier molecular flexibility index (Phi) is 18.7. The number of rotatable bonds is 15. The van der Waals surface area contributed by atoms with Crippen LogP contribution < -0.4 is 10.6 Å². The van der Waals surface area contributed by atoms with Crippen molar-refractivity contribution in [2.45, 2.75) is 52.9 Å². The topological polar surface area (TPSA) is 126 Å². The molecule has 0 fully saturated rings. The van der Waals surface area contributed by atoms with Crippen LogP contribution >= 0.6 is 0 Å². The first-order valence-electron chi connectivity index (χ1n) is 20.6. The molecule has 0 bridgehead atoms. The zero-order valence-electron chi connectivity index (χ0n) is 36.0. The summed E-state index contributed by atoms with van der Waals surface area (Å²) >= 11 is 0. The van der Waals surface area contributed by atoms with E-state index < -0.39 is 35.3 Å². The lowest BCUT2D eigenvalue weighted by atomic mass is 9.75. The summed E-state index contributed by atoms with van der Waals surface area (Å²) in [6.45, 7) is 8.85. The first-order valence-corrected chi connectivity index (χ1v) is 20.6. The Labute approximate surface area is 367 Å². The third-order valence-corrected chi connectivity index (χ3v) is 9.96. The molecule has 6 aromatic carbocycles. The highest BCUT2D eigenvalue weighted by atomic mass is 19.1. The molecule has 0 aromatic heterocycles. The largest absolute Gasteiger partial charge is 0.326 e. The van der Waals surface area contributed by atoms with Crippen molar-refractivity contribution in [1.82, 2.24) is 0 Å². The van der Waals surface area contributed by atoms with Crippen LogP contribution in [0.5, 0.6) is 0 Å². The summed E-state index contributed by atoms with van der Waals surface area (Å²) in [5.74, 6) is -5.39. The minimum absolute atomic E-state index is 0.0104. The first-order chi connectivity index (χ1) is 30.2. The van der Waals surface area contributed by atoms with E-state index in [2.05, 4.69) is 10.6 Å². The monoisotopic (exact) mass is 850 g/mol. The number of hydrogen-bond donors (Lipinski definition) is 2. The third-order valence-electron chi connectivity index (χ3n) is 9.96. The first kappa shape index (κ1) is 48.5. The van der Waals surface area contributed by atoms with Gasteiger partial charge in [-0.15, -0.1) is 0 Å². The number of nitrogens with one attached hydrogen (secondary N) is 2. The van der Waals surface area contributed by atoms with E-state index in [1.54, 1.807) is 94.4 Å². The van der Waals surface area contributed by atoms with Crippen LogP contribution in [0.15, 0.2) is 170 Å². The molecule has 324 valence electrons. The molecule has 0 radical (unpaired) electrons. The highest BCUT2D eigenvalue weighted by Gasteiger charge is 2.41. The number of anilines is 2. The Morgan fingerprint density at radius 1 is 0.460 bits per heavy atom. The van der Waals surface area contributed by atoms with Crippen LogP contribution in [0.1, 0.15) is 84.7 Å². The van der Waals surface area contributed by atoms with Crippen molar-refractivity contribution in [3.8, 4) is 0 Å². The Balaban J connectivity index is 0.000000229. The maximum atomic E-state index is 13.5. The van der Waals surface area contributed by atoms with E-state index in [-0.39, 0.29) is 52.9 Å². The Morgan fingerprint density at radius 3 is 1.29 bits per heavy atom. The zero-order chi connectivity index (χ0) is 45.9. The van der Waals surface area contributed by atoms with Gasteiger partial charge in [-0.3, -0.25) is 28.8 Å². The third kappa shape index (κ3) is 15.0. The fourth-order valence-electron chi connectivity index (χ4n) is 6.34. The molecule has 0 saturated heterocycles. The molecule has 8 nitrogen and oxygen atoms in total. The van der Waals surface area contributed by atoms with Gasteiger partial charge >= 0.3 is 0 Å². The predicted molar refractivity (Wildman–Crippen MR) is 243 cm³/mol. The van der Waals surface area contributed by atoms with E-state index in [0.29, 0.717) is 16.8 Å². The fraction of sp³-hybridized carbons (Fsp3) is 0.208. The van der Waals surface area contributed by atoms with Crippen LogP contribution in [0.4, 0.5) is 20.2 Å². The van der Waals surface area contributed by atoms with E-state index in [4.69, 9.17) is 0 Å². The number of benzene rings is 6. The number of carbonyl (C=O) groups excluding carboxylic acids is 6. The van der Waals surface area contributed by atoms with Gasteiger partial charge in [0.05, 0.1) is 12.3 Å². The molecular formula is C53H52F2N2O6. The van der Waals surface area contributed by atoms with Gasteiger partial charge in [-0.05, 0) is 83.9 Å². The van der Waals surface area contributed by atoms with Gasteiger partial charge in [0.25, 0.3) is 0 Å². The lowest BCUT2D eigenvalue weighted by Crippen LogP contribution is -2.40. The molecule has 10 heteroatoms. The molecule has 6 rings (SSSR count). The minimum Gasteiger partial charge on any atom is -0.326 e. The number of carbonyl (C=O) groups is 6. The molecule has 0 heterocycles. The lowest BCUT2D eigenvalue weighted by molar-refractivity contribution is -0.134. The van der Waals surface area contributed by atoms with Crippen molar-refractivity contribution in [3.63, 3.8) is 0 Å². The van der Waals surface area contributed by atoms with Gasteiger partial charge in [-0.1, -0.05) is 132 Å². The quantitative estimate of drug-likeness (QED) is 0.0782. The summed E-state index contributed by atoms with van der Waals surface area (Å²) in [7, 11) is 0. The van der Waals surface area contributed by atoms with Gasteiger partial charge in [-0.2, -0.15) is 0 Å². The molecule has 3 unspecified atom stereocenters. The number of halogens is 2. The van der Waals surface area contributed by atoms with E-state index in [9.17, 15) is 37.5 Å². The lowest BCUT2D eigenvalue weighted by Gasteiger charge is -2.26. The second-order valence-electron chi connectivity index (χ2n) is 15.4. The zero-order valence-corrected chi connectivity index (χ0v) is 36.0. The van der Waals surface area contributed by atoms with Gasteiger partial charge in [0, 0.05) is 40.3 Å².